The Morgan fingerprint density at radius 3 is 1.59 bits per heavy atom. The van der Waals surface area contributed by atoms with Gasteiger partial charge in [-0.3, -0.25) is 29.5 Å². The lowest BCUT2D eigenvalue weighted by atomic mass is 10.0. The molecule has 0 bridgehead atoms. The zero-order valence-electron chi connectivity index (χ0n) is 60.6. The average Bonchev–Trinajstić information content (AvgIpc) is 1.64. The van der Waals surface area contributed by atoms with Crippen LogP contribution in [0.25, 0.3) is 0 Å². The van der Waals surface area contributed by atoms with Gasteiger partial charge >= 0.3 is 0 Å². The van der Waals surface area contributed by atoms with E-state index in [2.05, 4.69) is 87.6 Å². The Morgan fingerprint density at radius 1 is 0.563 bits per heavy atom. The van der Waals surface area contributed by atoms with Crippen LogP contribution in [0, 0.1) is 0 Å². The second kappa shape index (κ2) is 35.1. The van der Waals surface area contributed by atoms with Gasteiger partial charge in [0.15, 0.2) is 0 Å². The summed E-state index contributed by atoms with van der Waals surface area (Å²) < 4.78 is 37.5. The van der Waals surface area contributed by atoms with E-state index in [-0.39, 0.29) is 24.1 Å². The number of aromatic nitrogens is 4. The molecule has 24 heteroatoms. The summed E-state index contributed by atoms with van der Waals surface area (Å²) in [7, 11) is -1.45. The number of rotatable bonds is 25. The van der Waals surface area contributed by atoms with E-state index in [0.717, 1.165) is 176 Å². The predicted molar refractivity (Wildman–Crippen MR) is 417 cm³/mol. The minimum absolute atomic E-state index is 0.112. The lowest BCUT2D eigenvalue weighted by Crippen LogP contribution is -2.53. The van der Waals surface area contributed by atoms with Crippen LogP contribution >= 0.6 is 49.2 Å². The molecule has 6 aliphatic heterocycles. The summed E-state index contributed by atoms with van der Waals surface area (Å²) in [6.07, 6.45) is 15.5. The van der Waals surface area contributed by atoms with Crippen molar-refractivity contribution in [3.8, 4) is 11.5 Å². The number of halogens is 2. The number of fused-ring (bicyclic) bond motifs is 1. The summed E-state index contributed by atoms with van der Waals surface area (Å²) >= 11 is 14.9. The highest BCUT2D eigenvalue weighted by molar-refractivity contribution is 7.99. The molecule has 548 valence electrons. The first kappa shape index (κ1) is 76.0. The lowest BCUT2D eigenvalue weighted by Gasteiger charge is -2.43. The Balaban J connectivity index is 0.000000219. The summed E-state index contributed by atoms with van der Waals surface area (Å²) in [5, 5.41) is 8.59. The maximum atomic E-state index is 13.2. The zero-order valence-corrected chi connectivity index (χ0v) is 64.7. The van der Waals surface area contributed by atoms with E-state index in [1.54, 1.807) is 58.2 Å². The van der Waals surface area contributed by atoms with E-state index in [1.165, 1.54) is 43.5 Å². The first-order valence-electron chi connectivity index (χ1n) is 36.7. The number of imide groups is 1. The minimum Gasteiger partial charge on any atom is -0.496 e. The van der Waals surface area contributed by atoms with Crippen molar-refractivity contribution in [1.82, 2.24) is 50.2 Å². The van der Waals surface area contributed by atoms with Crippen molar-refractivity contribution in [2.75, 3.05) is 142 Å². The van der Waals surface area contributed by atoms with Crippen LogP contribution in [0.5, 0.6) is 11.5 Å². The Morgan fingerprint density at radius 2 is 1.08 bits per heavy atom. The average molecular weight is 1490 g/mol. The topological polar surface area (TPSA) is 199 Å². The van der Waals surface area contributed by atoms with Crippen molar-refractivity contribution in [3.63, 3.8) is 0 Å². The molecule has 19 nitrogen and oxygen atoms in total. The van der Waals surface area contributed by atoms with Crippen LogP contribution in [0.15, 0.2) is 120 Å². The summed E-state index contributed by atoms with van der Waals surface area (Å²) in [4.78, 5) is 71.8. The number of methoxy groups -OCH3 is 2. The molecule has 7 aromatic rings. The molecule has 8 heterocycles. The Labute approximate surface area is 622 Å². The third-order valence-electron chi connectivity index (χ3n) is 21.2. The van der Waals surface area contributed by atoms with Crippen LogP contribution < -0.4 is 40.5 Å². The molecule has 5 aromatic carbocycles. The predicted octanol–water partition coefficient (Wildman–Crippen LogP) is 11.7. The quantitative estimate of drug-likeness (QED) is 0.0237. The number of hydrogen-bond acceptors (Lipinski definition) is 18. The fourth-order valence-corrected chi connectivity index (χ4v) is 19.6. The van der Waals surface area contributed by atoms with Gasteiger partial charge in [-0.2, -0.15) is 0 Å². The maximum Gasteiger partial charge on any atom is 0.255 e. The van der Waals surface area contributed by atoms with Gasteiger partial charge in [0.05, 0.1) is 35.7 Å². The van der Waals surface area contributed by atoms with Crippen molar-refractivity contribution >= 4 is 89.0 Å². The first-order chi connectivity index (χ1) is 49.8. The zero-order chi connectivity index (χ0) is 72.2. The van der Waals surface area contributed by atoms with Crippen molar-refractivity contribution in [1.29, 1.82) is 0 Å². The number of anilines is 2. The van der Waals surface area contributed by atoms with Gasteiger partial charge in [0, 0.05) is 197 Å². The number of thioether (sulfide) groups is 1. The van der Waals surface area contributed by atoms with Gasteiger partial charge in [0.2, 0.25) is 11.8 Å². The van der Waals surface area contributed by atoms with E-state index in [9.17, 15) is 23.5 Å². The molecule has 0 spiro atoms. The molecule has 2 aromatic heterocycles. The summed E-state index contributed by atoms with van der Waals surface area (Å²) in [6, 6.07) is 35.2. The van der Waals surface area contributed by atoms with Crippen molar-refractivity contribution < 1.29 is 33.0 Å². The Kier molecular flexibility index (Phi) is 25.9. The van der Waals surface area contributed by atoms with Gasteiger partial charge in [-0.05, 0) is 125 Å². The molecule has 0 radical (unpaired) electrons. The van der Waals surface area contributed by atoms with Crippen molar-refractivity contribution in [2.24, 2.45) is 0 Å². The van der Waals surface area contributed by atoms with Gasteiger partial charge in [-0.1, -0.05) is 103 Å². The molecule has 6 aliphatic rings. The van der Waals surface area contributed by atoms with Crippen LogP contribution in [-0.2, 0) is 50.9 Å². The number of unbranched alkanes of at least 4 members (excludes halogenated alkanes) is 3. The summed E-state index contributed by atoms with van der Waals surface area (Å²) in [5.41, 5.74) is 9.56. The fourth-order valence-electron chi connectivity index (χ4n) is 15.6. The fraction of sp³-hybridized carbons (Fsp3) is 0.481. The van der Waals surface area contributed by atoms with Crippen LogP contribution in [0.1, 0.15) is 125 Å². The number of nitrogens with zero attached hydrogens (tertiary/aromatic N) is 10. The molecule has 5 saturated heterocycles. The maximum absolute atomic E-state index is 13.2. The van der Waals surface area contributed by atoms with Crippen LogP contribution in [0.2, 0.25) is 10.0 Å². The standard InChI is InChI=1S/C49H61ClN7O5PS.C30H39ClN5O2P/c1-62-43-31-37(16-15-34(43)30-46-51-32-40(50)41(52-46)29-35-11-6-7-13-44(35)63(2,3)61)55-22-19-36(20-23-55)56-26-24-54(25-27-56)21-8-4-5-9-28-64-45-14-10-12-38-39(45)33-57(49(38)60)42-17-18-47(58)53-48(42)59;1-38-28-20-25(35-14-10-24(11-15-35)36-16-12-32-13-17-36)9-8-22(28)19-30-33-21-26(31)27(34-30)18-23-6-4-5-7-29(23)39(2,3)37/h6-7,10-16,31-32,36,42H,4-5,8-9,17-30,33H2,1-3H3,(H,53,58,59);4-9,20-21,24,32H,10-19H2,1-3H3. The highest BCUT2D eigenvalue weighted by Gasteiger charge is 2.40. The first-order valence-corrected chi connectivity index (χ1v) is 43.6. The van der Waals surface area contributed by atoms with E-state index in [0.29, 0.717) is 78.0 Å². The number of carbonyl (C=O) groups is 3. The van der Waals surface area contributed by atoms with Crippen LogP contribution in [0.3, 0.4) is 0 Å². The number of piperidine rings is 3. The van der Waals surface area contributed by atoms with Gasteiger partial charge in [0.1, 0.15) is 43.5 Å². The van der Waals surface area contributed by atoms with Crippen LogP contribution in [-0.4, -0.2) is 207 Å². The normalized spacial score (nSPS) is 18.4. The summed E-state index contributed by atoms with van der Waals surface area (Å²) in [5.74, 6) is 3.29. The van der Waals surface area contributed by atoms with E-state index >= 15 is 0 Å². The molecule has 1 unspecified atom stereocenters. The van der Waals surface area contributed by atoms with Gasteiger partial charge < -0.3 is 43.5 Å². The highest BCUT2D eigenvalue weighted by atomic mass is 35.5. The molecular formula is C79H100Cl2N12O7P2S. The highest BCUT2D eigenvalue weighted by Crippen LogP contribution is 2.40. The molecule has 0 saturated carbocycles. The third kappa shape index (κ3) is 19.5. The number of piperazine rings is 2. The van der Waals surface area contributed by atoms with Gasteiger partial charge in [0.25, 0.3) is 5.91 Å². The lowest BCUT2D eigenvalue weighted by molar-refractivity contribution is -0.136. The summed E-state index contributed by atoms with van der Waals surface area (Å²) in [6.45, 7) is 22.0. The largest absolute Gasteiger partial charge is 0.496 e. The molecule has 13 rings (SSSR count). The SMILES string of the molecule is COc1cc(N2CCC(N3CCN(CCCCCCSc4cccc5c4CN(C4CCC(=O)NC4=O)C5=O)CC3)CC2)ccc1Cc1ncc(Cl)c(Cc2ccccc2P(C)(C)=O)n1.COc1cc(N2CCC(N3CCNCC3)CC2)ccc1Cc1ncc(Cl)c(Cc2ccccc2P(C)(C)=O)n1. The van der Waals surface area contributed by atoms with E-state index < -0.39 is 20.3 Å². The number of nitrogens with one attached hydrogen (secondary N) is 2. The number of amides is 3. The van der Waals surface area contributed by atoms with Gasteiger partial charge in [-0.15, -0.1) is 11.8 Å². The second-order valence-electron chi connectivity index (χ2n) is 28.9. The number of hydrogen-bond donors (Lipinski definition) is 2. The smallest absolute Gasteiger partial charge is 0.255 e. The number of ether oxygens (including phenoxy) is 2. The molecular weight excluding hydrogens is 1390 g/mol. The molecule has 103 heavy (non-hydrogen) atoms. The second-order valence-corrected chi connectivity index (χ2v) is 37.2. The third-order valence-corrected chi connectivity index (χ3v) is 26.3. The van der Waals surface area contributed by atoms with Crippen molar-refractivity contribution in [3.05, 3.63) is 182 Å². The number of benzene rings is 5. The molecule has 1 atom stereocenters. The molecule has 3 amide bonds. The van der Waals surface area contributed by atoms with Crippen molar-refractivity contribution in [2.45, 2.75) is 119 Å². The van der Waals surface area contributed by atoms with E-state index in [4.69, 9.17) is 42.6 Å². The van der Waals surface area contributed by atoms with Gasteiger partial charge in [-0.25, -0.2) is 19.9 Å². The molecule has 2 N–H and O–H groups in total. The van der Waals surface area contributed by atoms with Crippen LogP contribution in [0.4, 0.5) is 11.4 Å². The Hall–Kier alpha value is -6.70. The molecule has 5 fully saturated rings. The minimum atomic E-state index is -2.46. The monoisotopic (exact) mass is 1490 g/mol. The van der Waals surface area contributed by atoms with E-state index in [1.807, 2.05) is 72.4 Å². The number of carbonyl (C=O) groups excluding carboxylic acids is 3. The molecule has 0 aliphatic carbocycles. The Bertz CT molecular complexity index is 4230.